The third kappa shape index (κ3) is 1.44. The van der Waals surface area contributed by atoms with Crippen molar-refractivity contribution in [2.45, 2.75) is 25.5 Å². The average Bonchev–Trinajstić information content (AvgIpc) is 2.86. The summed E-state index contributed by atoms with van der Waals surface area (Å²) in [6.07, 6.45) is 2.32. The zero-order valence-electron chi connectivity index (χ0n) is 9.23. The predicted molar refractivity (Wildman–Crippen MR) is 62.3 cm³/mol. The summed E-state index contributed by atoms with van der Waals surface area (Å²) < 4.78 is 5.41. The largest absolute Gasteiger partial charge is 0.464 e. The average molecular weight is 217 g/mol. The molecule has 3 heteroatoms. The fraction of sp³-hybridized carbons (Fsp3) is 0.385. The van der Waals surface area contributed by atoms with E-state index in [2.05, 4.69) is 11.4 Å². The first kappa shape index (κ1) is 9.87. The van der Waals surface area contributed by atoms with Crippen LogP contribution in [0.1, 0.15) is 23.6 Å². The predicted octanol–water partition coefficient (Wildman–Crippen LogP) is 2.14. The first-order valence-corrected chi connectivity index (χ1v) is 5.65. The van der Waals surface area contributed by atoms with Crippen molar-refractivity contribution in [3.63, 3.8) is 0 Å². The Morgan fingerprint density at radius 3 is 3.06 bits per heavy atom. The molecule has 2 atom stereocenters. The number of hydrogen-bond donors (Lipinski definition) is 2. The number of fused-ring (bicyclic) bond motifs is 1. The summed E-state index contributed by atoms with van der Waals surface area (Å²) in [6.45, 7) is 2.92. The van der Waals surface area contributed by atoms with E-state index in [1.54, 1.807) is 6.26 Å². The molecule has 0 aliphatic carbocycles. The van der Waals surface area contributed by atoms with Crippen LogP contribution in [-0.4, -0.2) is 17.8 Å². The van der Waals surface area contributed by atoms with E-state index in [9.17, 15) is 5.11 Å². The van der Waals surface area contributed by atoms with Gasteiger partial charge in [-0.15, -0.1) is 0 Å². The Kier molecular flexibility index (Phi) is 2.23. The first-order valence-electron chi connectivity index (χ1n) is 5.65. The fourth-order valence-corrected chi connectivity index (χ4v) is 2.40. The van der Waals surface area contributed by atoms with Crippen molar-refractivity contribution in [2.24, 2.45) is 0 Å². The van der Waals surface area contributed by atoms with Gasteiger partial charge in [-0.25, -0.2) is 0 Å². The molecule has 2 N–H and O–H groups in total. The van der Waals surface area contributed by atoms with Gasteiger partial charge >= 0.3 is 0 Å². The van der Waals surface area contributed by atoms with Gasteiger partial charge in [0, 0.05) is 5.39 Å². The van der Waals surface area contributed by atoms with Gasteiger partial charge in [0.05, 0.1) is 18.4 Å². The lowest BCUT2D eigenvalue weighted by atomic mass is 10.0. The Morgan fingerprint density at radius 1 is 1.44 bits per heavy atom. The number of aliphatic hydroxyl groups is 1. The van der Waals surface area contributed by atoms with Crippen molar-refractivity contribution in [1.29, 1.82) is 0 Å². The summed E-state index contributed by atoms with van der Waals surface area (Å²) in [7, 11) is 0. The highest BCUT2D eigenvalue weighted by atomic mass is 16.3. The lowest BCUT2D eigenvalue weighted by Crippen LogP contribution is -2.20. The molecule has 2 heterocycles. The molecule has 1 aliphatic rings. The topological polar surface area (TPSA) is 45.4 Å². The van der Waals surface area contributed by atoms with Crippen molar-refractivity contribution in [3.05, 3.63) is 35.6 Å². The molecule has 1 saturated heterocycles. The maximum absolute atomic E-state index is 9.85. The molecule has 16 heavy (non-hydrogen) atoms. The molecule has 0 radical (unpaired) electrons. The van der Waals surface area contributed by atoms with Gasteiger partial charge in [0.25, 0.3) is 0 Å². The number of nitrogens with one attached hydrogen (secondary N) is 1. The Balaban J connectivity index is 2.07. The highest BCUT2D eigenvalue weighted by Gasteiger charge is 2.26. The summed E-state index contributed by atoms with van der Waals surface area (Å²) >= 11 is 0. The number of furan rings is 1. The molecule has 3 nitrogen and oxygen atoms in total. The van der Waals surface area contributed by atoms with Crippen LogP contribution in [-0.2, 0) is 0 Å². The monoisotopic (exact) mass is 217 g/mol. The lowest BCUT2D eigenvalue weighted by Gasteiger charge is -2.15. The van der Waals surface area contributed by atoms with Gasteiger partial charge in [0.1, 0.15) is 5.58 Å². The van der Waals surface area contributed by atoms with Gasteiger partial charge in [-0.05, 0) is 43.1 Å². The second kappa shape index (κ2) is 3.61. The molecule has 2 unspecified atom stereocenters. The number of benzene rings is 1. The van der Waals surface area contributed by atoms with E-state index in [4.69, 9.17) is 4.42 Å². The molecule has 0 bridgehead atoms. The van der Waals surface area contributed by atoms with Crippen molar-refractivity contribution in [2.75, 3.05) is 6.54 Å². The molecule has 0 amide bonds. The highest BCUT2D eigenvalue weighted by Crippen LogP contribution is 2.28. The highest BCUT2D eigenvalue weighted by molar-refractivity contribution is 5.81. The SMILES string of the molecule is Cc1coc2ccc(C3NCCC3O)cc12. The van der Waals surface area contributed by atoms with E-state index in [-0.39, 0.29) is 12.1 Å². The minimum Gasteiger partial charge on any atom is -0.464 e. The van der Waals surface area contributed by atoms with Crippen LogP contribution in [0.5, 0.6) is 0 Å². The molecule has 1 fully saturated rings. The molecule has 3 rings (SSSR count). The van der Waals surface area contributed by atoms with Crippen LogP contribution >= 0.6 is 0 Å². The minimum atomic E-state index is -0.273. The van der Waals surface area contributed by atoms with Gasteiger partial charge in [-0.2, -0.15) is 0 Å². The molecule has 1 aliphatic heterocycles. The second-order valence-electron chi connectivity index (χ2n) is 4.46. The van der Waals surface area contributed by atoms with Crippen LogP contribution in [0.25, 0.3) is 11.0 Å². The van der Waals surface area contributed by atoms with Gasteiger partial charge in [-0.1, -0.05) is 6.07 Å². The second-order valence-corrected chi connectivity index (χ2v) is 4.46. The fourth-order valence-electron chi connectivity index (χ4n) is 2.40. The van der Waals surface area contributed by atoms with Gasteiger partial charge in [0.15, 0.2) is 0 Å². The Bertz CT molecular complexity index is 518. The van der Waals surface area contributed by atoms with E-state index < -0.39 is 0 Å². The zero-order valence-corrected chi connectivity index (χ0v) is 9.23. The van der Waals surface area contributed by atoms with Crippen LogP contribution in [0.4, 0.5) is 0 Å². The lowest BCUT2D eigenvalue weighted by molar-refractivity contribution is 0.160. The van der Waals surface area contributed by atoms with Crippen molar-refractivity contribution in [1.82, 2.24) is 5.32 Å². The zero-order chi connectivity index (χ0) is 11.1. The molecular weight excluding hydrogens is 202 g/mol. The quantitative estimate of drug-likeness (QED) is 0.769. The van der Waals surface area contributed by atoms with Crippen molar-refractivity contribution in [3.8, 4) is 0 Å². The number of aliphatic hydroxyl groups excluding tert-OH is 1. The first-order chi connectivity index (χ1) is 7.75. The normalized spacial score (nSPS) is 25.4. The third-order valence-corrected chi connectivity index (χ3v) is 3.34. The Morgan fingerprint density at radius 2 is 2.31 bits per heavy atom. The number of aryl methyl sites for hydroxylation is 1. The molecule has 0 saturated carbocycles. The van der Waals surface area contributed by atoms with E-state index in [1.165, 1.54) is 0 Å². The summed E-state index contributed by atoms with van der Waals surface area (Å²) in [5.74, 6) is 0. The molecule has 0 spiro atoms. The number of rotatable bonds is 1. The standard InChI is InChI=1S/C13H15NO2/c1-8-7-16-12-3-2-9(6-10(8)12)13-11(15)4-5-14-13/h2-3,6-7,11,13-15H,4-5H2,1H3. The van der Waals surface area contributed by atoms with Gasteiger partial charge in [0.2, 0.25) is 0 Å². The van der Waals surface area contributed by atoms with E-state index in [0.717, 1.165) is 35.1 Å². The van der Waals surface area contributed by atoms with E-state index in [1.807, 2.05) is 19.1 Å². The molecule has 2 aromatic rings. The van der Waals surface area contributed by atoms with Crippen LogP contribution < -0.4 is 5.32 Å². The van der Waals surface area contributed by atoms with Crippen LogP contribution in [0.2, 0.25) is 0 Å². The van der Waals surface area contributed by atoms with E-state index >= 15 is 0 Å². The third-order valence-electron chi connectivity index (χ3n) is 3.34. The van der Waals surface area contributed by atoms with Crippen LogP contribution in [0, 0.1) is 6.92 Å². The van der Waals surface area contributed by atoms with Crippen molar-refractivity contribution < 1.29 is 9.52 Å². The van der Waals surface area contributed by atoms with Crippen LogP contribution in [0.15, 0.2) is 28.9 Å². The Labute approximate surface area is 94.1 Å². The minimum absolute atomic E-state index is 0.0682. The summed E-state index contributed by atoms with van der Waals surface area (Å²) in [4.78, 5) is 0. The summed E-state index contributed by atoms with van der Waals surface area (Å²) in [6, 6.07) is 6.18. The number of hydrogen-bond acceptors (Lipinski definition) is 3. The molecular formula is C13H15NO2. The van der Waals surface area contributed by atoms with Gasteiger partial charge in [-0.3, -0.25) is 0 Å². The maximum atomic E-state index is 9.85. The maximum Gasteiger partial charge on any atom is 0.134 e. The molecule has 84 valence electrons. The van der Waals surface area contributed by atoms with Crippen LogP contribution in [0.3, 0.4) is 0 Å². The molecule has 1 aromatic heterocycles. The summed E-state index contributed by atoms with van der Waals surface area (Å²) in [5, 5.41) is 14.3. The van der Waals surface area contributed by atoms with E-state index in [0.29, 0.717) is 0 Å². The van der Waals surface area contributed by atoms with Gasteiger partial charge < -0.3 is 14.8 Å². The molecule has 1 aromatic carbocycles. The summed E-state index contributed by atoms with van der Waals surface area (Å²) in [5.41, 5.74) is 3.19. The Hall–Kier alpha value is -1.32. The van der Waals surface area contributed by atoms with Crippen molar-refractivity contribution >= 4 is 11.0 Å². The smallest absolute Gasteiger partial charge is 0.134 e.